The highest BCUT2D eigenvalue weighted by Gasteiger charge is 2.38. The Bertz CT molecular complexity index is 241. The van der Waals surface area contributed by atoms with Gasteiger partial charge in [-0.15, -0.1) is 6.58 Å². The standard InChI is InChI=1S/C11H22O3Si/c1-7-9(8-10(12)13)14-15(5,6)11(2,3)4/h7,9H,1,8H2,2-6H3,(H,12,13). The SMILES string of the molecule is C=CC(CC(=O)O)O[Si](C)(C)C(C)(C)C. The first-order valence-electron chi connectivity index (χ1n) is 5.12. The molecule has 0 spiro atoms. The third kappa shape index (κ3) is 4.62. The molecule has 0 rings (SSSR count). The second-order valence-electron chi connectivity index (χ2n) is 5.25. The Labute approximate surface area is 93.3 Å². The Morgan fingerprint density at radius 3 is 2.27 bits per heavy atom. The predicted octanol–water partition coefficient (Wildman–Crippen LogP) is 3.04. The largest absolute Gasteiger partial charge is 0.481 e. The van der Waals surface area contributed by atoms with E-state index in [-0.39, 0.29) is 17.6 Å². The number of rotatable bonds is 5. The van der Waals surface area contributed by atoms with Crippen molar-refractivity contribution >= 4 is 14.3 Å². The van der Waals surface area contributed by atoms with Gasteiger partial charge in [-0.25, -0.2) is 0 Å². The van der Waals surface area contributed by atoms with Gasteiger partial charge >= 0.3 is 5.97 Å². The van der Waals surface area contributed by atoms with Crippen molar-refractivity contribution in [1.29, 1.82) is 0 Å². The first-order chi connectivity index (χ1) is 6.60. The first kappa shape index (κ1) is 14.4. The second kappa shape index (κ2) is 4.94. The molecule has 0 aromatic heterocycles. The molecule has 0 aliphatic heterocycles. The van der Waals surface area contributed by atoms with Gasteiger partial charge in [0.15, 0.2) is 8.32 Å². The quantitative estimate of drug-likeness (QED) is 0.583. The van der Waals surface area contributed by atoms with Gasteiger partial charge in [-0.1, -0.05) is 26.8 Å². The summed E-state index contributed by atoms with van der Waals surface area (Å²) < 4.78 is 5.90. The van der Waals surface area contributed by atoms with Crippen LogP contribution in [-0.2, 0) is 9.22 Å². The summed E-state index contributed by atoms with van der Waals surface area (Å²) in [4.78, 5) is 10.6. The third-order valence-corrected chi connectivity index (χ3v) is 7.40. The molecule has 0 bridgehead atoms. The Morgan fingerprint density at radius 1 is 1.53 bits per heavy atom. The number of carboxylic acids is 1. The van der Waals surface area contributed by atoms with Gasteiger partial charge in [-0.3, -0.25) is 4.79 Å². The Morgan fingerprint density at radius 2 is 2.00 bits per heavy atom. The molecule has 88 valence electrons. The molecule has 0 aromatic carbocycles. The van der Waals surface area contributed by atoms with Gasteiger partial charge in [-0.05, 0) is 18.1 Å². The second-order valence-corrected chi connectivity index (χ2v) is 10.0. The fraction of sp³-hybridized carbons (Fsp3) is 0.727. The molecule has 1 N–H and O–H groups in total. The van der Waals surface area contributed by atoms with Gasteiger partial charge < -0.3 is 9.53 Å². The van der Waals surface area contributed by atoms with Crippen LogP contribution in [0.25, 0.3) is 0 Å². The highest BCUT2D eigenvalue weighted by Crippen LogP contribution is 2.37. The monoisotopic (exact) mass is 230 g/mol. The van der Waals surface area contributed by atoms with Crippen molar-refractivity contribution in [2.75, 3.05) is 0 Å². The Kier molecular flexibility index (Phi) is 4.74. The normalized spacial score (nSPS) is 14.7. The molecule has 0 amide bonds. The van der Waals surface area contributed by atoms with Crippen LogP contribution in [0.2, 0.25) is 18.1 Å². The van der Waals surface area contributed by atoms with E-state index in [9.17, 15) is 4.79 Å². The molecule has 0 saturated heterocycles. The molecule has 0 heterocycles. The van der Waals surface area contributed by atoms with Crippen LogP contribution < -0.4 is 0 Å². The molecule has 1 atom stereocenters. The molecule has 1 unspecified atom stereocenters. The summed E-state index contributed by atoms with van der Waals surface area (Å²) in [5.74, 6) is -0.849. The van der Waals surface area contributed by atoms with E-state index in [0.29, 0.717) is 0 Å². The van der Waals surface area contributed by atoms with Crippen LogP contribution in [0.4, 0.5) is 0 Å². The van der Waals surface area contributed by atoms with Crippen LogP contribution in [0.3, 0.4) is 0 Å². The van der Waals surface area contributed by atoms with Crippen LogP contribution in [0.5, 0.6) is 0 Å². The van der Waals surface area contributed by atoms with Crippen LogP contribution in [0.15, 0.2) is 12.7 Å². The maximum absolute atomic E-state index is 10.6. The minimum Gasteiger partial charge on any atom is -0.481 e. The summed E-state index contributed by atoms with van der Waals surface area (Å²) in [6.07, 6.45) is 1.20. The molecule has 0 aliphatic rings. The van der Waals surface area contributed by atoms with E-state index in [1.54, 1.807) is 6.08 Å². The molecule has 15 heavy (non-hydrogen) atoms. The number of carbonyl (C=O) groups is 1. The maximum Gasteiger partial charge on any atom is 0.306 e. The van der Waals surface area contributed by atoms with E-state index in [1.807, 2.05) is 0 Å². The highest BCUT2D eigenvalue weighted by molar-refractivity contribution is 6.74. The van der Waals surface area contributed by atoms with Crippen molar-refractivity contribution in [3.63, 3.8) is 0 Å². The summed E-state index contributed by atoms with van der Waals surface area (Å²) in [5.41, 5.74) is 0. The zero-order valence-electron chi connectivity index (χ0n) is 10.3. The molecule has 3 nitrogen and oxygen atoms in total. The minimum atomic E-state index is -1.89. The van der Waals surface area contributed by atoms with E-state index in [0.717, 1.165) is 0 Å². The third-order valence-electron chi connectivity index (χ3n) is 2.89. The van der Waals surface area contributed by atoms with Crippen molar-refractivity contribution in [2.45, 2.75) is 51.4 Å². The van der Waals surface area contributed by atoms with Gasteiger partial charge in [-0.2, -0.15) is 0 Å². The van der Waals surface area contributed by atoms with E-state index >= 15 is 0 Å². The predicted molar refractivity (Wildman–Crippen MR) is 64.5 cm³/mol. The Hall–Kier alpha value is -0.613. The van der Waals surface area contributed by atoms with E-state index in [4.69, 9.17) is 9.53 Å². The fourth-order valence-electron chi connectivity index (χ4n) is 0.900. The maximum atomic E-state index is 10.6. The van der Waals surface area contributed by atoms with Crippen LogP contribution in [-0.4, -0.2) is 25.5 Å². The molecule has 0 aromatic rings. The zero-order valence-corrected chi connectivity index (χ0v) is 11.3. The lowest BCUT2D eigenvalue weighted by molar-refractivity contribution is -0.138. The zero-order chi connectivity index (χ0) is 12.3. The average molecular weight is 230 g/mol. The molecule has 0 saturated carbocycles. The smallest absolute Gasteiger partial charge is 0.306 e. The molecule has 4 heteroatoms. The van der Waals surface area contributed by atoms with Crippen LogP contribution in [0.1, 0.15) is 27.2 Å². The molecule has 0 aliphatic carbocycles. The molecular weight excluding hydrogens is 208 g/mol. The lowest BCUT2D eigenvalue weighted by Gasteiger charge is -2.38. The van der Waals surface area contributed by atoms with Gasteiger partial charge in [0.1, 0.15) is 0 Å². The lowest BCUT2D eigenvalue weighted by atomic mass is 10.2. The topological polar surface area (TPSA) is 46.5 Å². The highest BCUT2D eigenvalue weighted by atomic mass is 28.4. The average Bonchev–Trinajstić information content (AvgIpc) is 1.99. The van der Waals surface area contributed by atoms with E-state index < -0.39 is 14.3 Å². The van der Waals surface area contributed by atoms with Gasteiger partial charge in [0, 0.05) is 0 Å². The molecule has 0 radical (unpaired) electrons. The van der Waals surface area contributed by atoms with Gasteiger partial charge in [0.25, 0.3) is 0 Å². The summed E-state index contributed by atoms with van der Waals surface area (Å²) in [7, 11) is -1.89. The van der Waals surface area contributed by atoms with Crippen LogP contribution >= 0.6 is 0 Å². The summed E-state index contributed by atoms with van der Waals surface area (Å²) in [5, 5.41) is 8.79. The van der Waals surface area contributed by atoms with Gasteiger partial charge in [0.05, 0.1) is 12.5 Å². The first-order valence-corrected chi connectivity index (χ1v) is 8.03. The van der Waals surface area contributed by atoms with Crippen molar-refractivity contribution in [3.05, 3.63) is 12.7 Å². The molecule has 0 fully saturated rings. The summed E-state index contributed by atoms with van der Waals surface area (Å²) in [6.45, 7) is 14.2. The number of aliphatic carboxylic acids is 1. The van der Waals surface area contributed by atoms with Crippen molar-refractivity contribution in [1.82, 2.24) is 0 Å². The fourth-order valence-corrected chi connectivity index (χ4v) is 2.19. The van der Waals surface area contributed by atoms with Crippen molar-refractivity contribution in [2.24, 2.45) is 0 Å². The Balaban J connectivity index is 4.54. The minimum absolute atomic E-state index is 0.00396. The summed E-state index contributed by atoms with van der Waals surface area (Å²) >= 11 is 0. The van der Waals surface area contributed by atoms with E-state index in [2.05, 4.69) is 40.4 Å². The van der Waals surface area contributed by atoms with E-state index in [1.165, 1.54) is 0 Å². The number of hydrogen-bond acceptors (Lipinski definition) is 2. The number of carboxylic acid groups (broad SMARTS) is 1. The lowest BCUT2D eigenvalue weighted by Crippen LogP contribution is -2.43. The molecular formula is C11H22O3Si. The van der Waals surface area contributed by atoms with Crippen molar-refractivity contribution < 1.29 is 14.3 Å². The van der Waals surface area contributed by atoms with Crippen LogP contribution in [0, 0.1) is 0 Å². The number of hydrogen-bond donors (Lipinski definition) is 1. The van der Waals surface area contributed by atoms with Crippen molar-refractivity contribution in [3.8, 4) is 0 Å². The summed E-state index contributed by atoms with van der Waals surface area (Å²) in [6, 6.07) is 0. The van der Waals surface area contributed by atoms with Gasteiger partial charge in [0.2, 0.25) is 0 Å².